The quantitative estimate of drug-likeness (QED) is 0.831. The van der Waals surface area contributed by atoms with Crippen molar-refractivity contribution in [1.29, 1.82) is 0 Å². The molecule has 0 saturated heterocycles. The van der Waals surface area contributed by atoms with E-state index in [1.165, 1.54) is 5.56 Å². The van der Waals surface area contributed by atoms with Crippen molar-refractivity contribution >= 4 is 0 Å². The molecule has 1 aromatic rings. The fraction of sp³-hybridized carbons (Fsp3) is 0.625. The van der Waals surface area contributed by atoms with Gasteiger partial charge in [0.15, 0.2) is 0 Å². The Kier molecular flexibility index (Phi) is 5.83. The van der Waals surface area contributed by atoms with Gasteiger partial charge in [-0.3, -0.25) is 4.90 Å². The highest BCUT2D eigenvalue weighted by atomic mass is 15.2. The van der Waals surface area contributed by atoms with E-state index in [9.17, 15) is 0 Å². The third kappa shape index (κ3) is 3.56. The number of nitrogens with zero attached hydrogens (tertiary/aromatic N) is 1. The van der Waals surface area contributed by atoms with Gasteiger partial charge in [-0.05, 0) is 39.4 Å². The van der Waals surface area contributed by atoms with Gasteiger partial charge < -0.3 is 5.32 Å². The summed E-state index contributed by atoms with van der Waals surface area (Å²) < 4.78 is 0. The molecule has 2 nitrogen and oxygen atoms in total. The largest absolute Gasteiger partial charge is 0.312 e. The minimum absolute atomic E-state index is 0.373. The minimum Gasteiger partial charge on any atom is -0.312 e. The summed E-state index contributed by atoms with van der Waals surface area (Å²) in [6.45, 7) is 9.17. The summed E-state index contributed by atoms with van der Waals surface area (Å²) >= 11 is 0. The van der Waals surface area contributed by atoms with Crippen molar-refractivity contribution in [2.45, 2.75) is 45.8 Å². The molecule has 0 aliphatic heterocycles. The molecule has 0 aromatic heterocycles. The molecule has 0 amide bonds. The molecule has 1 rings (SSSR count). The van der Waals surface area contributed by atoms with Crippen molar-refractivity contribution in [3.8, 4) is 0 Å². The second-order valence-electron chi connectivity index (χ2n) is 5.57. The zero-order chi connectivity index (χ0) is 13.7. The lowest BCUT2D eigenvalue weighted by Crippen LogP contribution is -2.45. The van der Waals surface area contributed by atoms with E-state index in [-0.39, 0.29) is 0 Å². The van der Waals surface area contributed by atoms with Crippen molar-refractivity contribution in [2.24, 2.45) is 5.92 Å². The van der Waals surface area contributed by atoms with Gasteiger partial charge in [-0.15, -0.1) is 0 Å². The lowest BCUT2D eigenvalue weighted by atomic mass is 9.96. The summed E-state index contributed by atoms with van der Waals surface area (Å²) in [6.07, 6.45) is 0. The van der Waals surface area contributed by atoms with Crippen LogP contribution >= 0.6 is 0 Å². The van der Waals surface area contributed by atoms with Gasteiger partial charge >= 0.3 is 0 Å². The van der Waals surface area contributed by atoms with Crippen LogP contribution in [-0.2, 0) is 0 Å². The maximum atomic E-state index is 3.45. The fourth-order valence-corrected chi connectivity index (χ4v) is 2.42. The zero-order valence-electron chi connectivity index (χ0n) is 12.6. The molecule has 18 heavy (non-hydrogen) atoms. The third-order valence-electron chi connectivity index (χ3n) is 4.20. The summed E-state index contributed by atoms with van der Waals surface area (Å²) in [4.78, 5) is 2.47. The van der Waals surface area contributed by atoms with E-state index in [0.29, 0.717) is 24.0 Å². The van der Waals surface area contributed by atoms with Gasteiger partial charge in [-0.1, -0.05) is 44.2 Å². The van der Waals surface area contributed by atoms with E-state index in [4.69, 9.17) is 0 Å². The lowest BCUT2D eigenvalue weighted by Gasteiger charge is -2.37. The Balaban J connectivity index is 2.83. The first-order valence-corrected chi connectivity index (χ1v) is 6.93. The summed E-state index contributed by atoms with van der Waals surface area (Å²) in [5.41, 5.74) is 1.36. The number of nitrogens with one attached hydrogen (secondary N) is 1. The summed E-state index contributed by atoms with van der Waals surface area (Å²) in [5.74, 6) is 0.672. The Morgan fingerprint density at radius 1 is 0.944 bits per heavy atom. The topological polar surface area (TPSA) is 15.3 Å². The van der Waals surface area contributed by atoms with Crippen LogP contribution in [0.2, 0.25) is 0 Å². The second kappa shape index (κ2) is 6.91. The number of hydrogen-bond donors (Lipinski definition) is 1. The van der Waals surface area contributed by atoms with Crippen LogP contribution in [-0.4, -0.2) is 31.1 Å². The highest BCUT2D eigenvalue weighted by Gasteiger charge is 2.25. The van der Waals surface area contributed by atoms with Crippen molar-refractivity contribution in [3.63, 3.8) is 0 Å². The molecular formula is C16H28N2. The van der Waals surface area contributed by atoms with Crippen molar-refractivity contribution in [1.82, 2.24) is 10.2 Å². The van der Waals surface area contributed by atoms with Crippen LogP contribution in [0.3, 0.4) is 0 Å². The molecule has 3 atom stereocenters. The number of rotatable bonds is 6. The first-order valence-electron chi connectivity index (χ1n) is 6.93. The Morgan fingerprint density at radius 3 is 1.94 bits per heavy atom. The van der Waals surface area contributed by atoms with Crippen LogP contribution in [0.1, 0.15) is 39.3 Å². The van der Waals surface area contributed by atoms with Gasteiger partial charge in [0.25, 0.3) is 0 Å². The first kappa shape index (κ1) is 15.2. The molecule has 0 aliphatic carbocycles. The van der Waals surface area contributed by atoms with Gasteiger partial charge in [-0.25, -0.2) is 0 Å². The Labute approximate surface area is 112 Å². The van der Waals surface area contributed by atoms with Crippen molar-refractivity contribution < 1.29 is 0 Å². The van der Waals surface area contributed by atoms with Crippen molar-refractivity contribution in [3.05, 3.63) is 35.9 Å². The molecule has 1 N–H and O–H groups in total. The minimum atomic E-state index is 0.373. The molecule has 2 heteroatoms. The smallest absolute Gasteiger partial charge is 0.0472 e. The van der Waals surface area contributed by atoms with Crippen LogP contribution in [0, 0.1) is 5.92 Å². The van der Waals surface area contributed by atoms with Gasteiger partial charge in [0.2, 0.25) is 0 Å². The highest BCUT2D eigenvalue weighted by Crippen LogP contribution is 2.22. The normalized spacial score (nSPS) is 16.9. The van der Waals surface area contributed by atoms with Crippen molar-refractivity contribution in [2.75, 3.05) is 14.1 Å². The van der Waals surface area contributed by atoms with Gasteiger partial charge in [-0.2, -0.15) is 0 Å². The van der Waals surface area contributed by atoms with Gasteiger partial charge in [0.1, 0.15) is 0 Å². The average molecular weight is 248 g/mol. The molecule has 1 aromatic carbocycles. The van der Waals surface area contributed by atoms with Crippen LogP contribution in [0.15, 0.2) is 30.3 Å². The Hall–Kier alpha value is -0.860. The molecular weight excluding hydrogens is 220 g/mol. The number of benzene rings is 1. The fourth-order valence-electron chi connectivity index (χ4n) is 2.42. The molecule has 0 heterocycles. The monoisotopic (exact) mass is 248 g/mol. The molecule has 0 saturated carbocycles. The molecule has 0 aliphatic rings. The Morgan fingerprint density at radius 2 is 1.50 bits per heavy atom. The van der Waals surface area contributed by atoms with E-state index in [1.54, 1.807) is 0 Å². The van der Waals surface area contributed by atoms with Crippen LogP contribution < -0.4 is 5.32 Å². The average Bonchev–Trinajstić information content (AvgIpc) is 2.38. The zero-order valence-corrected chi connectivity index (χ0v) is 12.6. The second-order valence-corrected chi connectivity index (χ2v) is 5.57. The molecule has 0 bridgehead atoms. The molecule has 0 fully saturated rings. The maximum Gasteiger partial charge on any atom is 0.0472 e. The van der Waals surface area contributed by atoms with Crippen LogP contribution in [0.4, 0.5) is 0 Å². The molecule has 102 valence electrons. The summed E-state index contributed by atoms with van der Waals surface area (Å²) in [5, 5.41) is 3.45. The Bertz CT molecular complexity index is 334. The lowest BCUT2D eigenvalue weighted by molar-refractivity contribution is 0.131. The molecule has 0 spiro atoms. The predicted molar refractivity (Wildman–Crippen MR) is 79.8 cm³/mol. The van der Waals surface area contributed by atoms with Gasteiger partial charge in [0, 0.05) is 18.1 Å². The standard InChI is InChI=1S/C16H28N2/c1-12(2)13(3)18(6)14(4)16(17-5)15-10-8-7-9-11-15/h7-14,16-17H,1-6H3. The predicted octanol–water partition coefficient (Wildman–Crippen LogP) is 3.31. The van der Waals surface area contributed by atoms with E-state index < -0.39 is 0 Å². The van der Waals surface area contributed by atoms with Crippen LogP contribution in [0.25, 0.3) is 0 Å². The summed E-state index contributed by atoms with van der Waals surface area (Å²) in [7, 11) is 4.27. The maximum absolute atomic E-state index is 3.45. The SMILES string of the molecule is CNC(c1ccccc1)C(C)N(C)C(C)C(C)C. The molecule has 3 unspecified atom stereocenters. The van der Waals surface area contributed by atoms with E-state index in [1.807, 2.05) is 7.05 Å². The van der Waals surface area contributed by atoms with Crippen LogP contribution in [0.5, 0.6) is 0 Å². The third-order valence-corrected chi connectivity index (χ3v) is 4.20. The van der Waals surface area contributed by atoms with E-state index in [0.717, 1.165) is 0 Å². The highest BCUT2D eigenvalue weighted by molar-refractivity contribution is 5.20. The summed E-state index contributed by atoms with van der Waals surface area (Å²) in [6, 6.07) is 12.1. The number of likely N-dealkylation sites (N-methyl/N-ethyl adjacent to an activating group) is 2. The van der Waals surface area contributed by atoms with Gasteiger partial charge in [0.05, 0.1) is 0 Å². The number of hydrogen-bond acceptors (Lipinski definition) is 2. The van der Waals surface area contributed by atoms with E-state index in [2.05, 4.69) is 75.3 Å². The first-order chi connectivity index (χ1) is 8.49. The van der Waals surface area contributed by atoms with E-state index >= 15 is 0 Å². The molecule has 0 radical (unpaired) electrons.